The first-order valence-electron chi connectivity index (χ1n) is 8.34. The van der Waals surface area contributed by atoms with E-state index < -0.39 is 0 Å². The van der Waals surface area contributed by atoms with E-state index in [1.165, 1.54) is 16.0 Å². The van der Waals surface area contributed by atoms with Gasteiger partial charge in [0.25, 0.3) is 5.91 Å². The van der Waals surface area contributed by atoms with Crippen LogP contribution in [-0.4, -0.2) is 43.5 Å². The van der Waals surface area contributed by atoms with Gasteiger partial charge in [-0.1, -0.05) is 12.1 Å². The minimum Gasteiger partial charge on any atom is -0.358 e. The molecule has 1 aromatic carbocycles. The van der Waals surface area contributed by atoms with Crippen LogP contribution >= 0.6 is 11.3 Å². The average molecular weight is 347 g/mol. The van der Waals surface area contributed by atoms with Crippen LogP contribution in [0.5, 0.6) is 0 Å². The summed E-state index contributed by atoms with van der Waals surface area (Å²) in [5, 5.41) is 6.31. The van der Waals surface area contributed by atoms with E-state index in [2.05, 4.69) is 16.7 Å². The maximum Gasteiger partial charge on any atom is 0.275 e. The summed E-state index contributed by atoms with van der Waals surface area (Å²) in [6.07, 6.45) is 3.35. The number of thiazole rings is 1. The average Bonchev–Trinajstić information content (AvgIpc) is 3.04. The van der Waals surface area contributed by atoms with Crippen molar-refractivity contribution in [3.8, 4) is 0 Å². The number of quaternary nitrogens is 1. The Morgan fingerprint density at radius 1 is 1.29 bits per heavy atom. The van der Waals surface area contributed by atoms with Crippen molar-refractivity contribution in [3.63, 3.8) is 0 Å². The van der Waals surface area contributed by atoms with Crippen LogP contribution in [0.1, 0.15) is 30.3 Å². The summed E-state index contributed by atoms with van der Waals surface area (Å²) in [6.45, 7) is 1.39. The minimum atomic E-state index is -0.181. The van der Waals surface area contributed by atoms with E-state index in [-0.39, 0.29) is 24.4 Å². The molecule has 1 aliphatic rings. The lowest BCUT2D eigenvalue weighted by molar-refractivity contribution is -0.929. The molecule has 1 aliphatic heterocycles. The molecule has 7 heteroatoms. The number of amides is 2. The molecule has 1 fully saturated rings. The van der Waals surface area contributed by atoms with Gasteiger partial charge < -0.3 is 15.5 Å². The van der Waals surface area contributed by atoms with Gasteiger partial charge in [-0.25, -0.2) is 4.98 Å². The van der Waals surface area contributed by atoms with Gasteiger partial charge in [-0.15, -0.1) is 11.3 Å². The van der Waals surface area contributed by atoms with Crippen LogP contribution in [-0.2, 0) is 9.59 Å². The molecule has 128 valence electrons. The molecule has 1 unspecified atom stereocenters. The van der Waals surface area contributed by atoms with Crippen molar-refractivity contribution in [2.24, 2.45) is 0 Å². The molecule has 0 spiro atoms. The number of carbonyl (C=O) groups excluding carboxylic acids is 2. The molecular formula is C17H23N4O2S+. The Morgan fingerprint density at radius 3 is 2.92 bits per heavy atom. The van der Waals surface area contributed by atoms with Crippen molar-refractivity contribution in [3.05, 3.63) is 29.3 Å². The molecule has 3 rings (SSSR count). The zero-order valence-electron chi connectivity index (χ0n) is 13.8. The number of carbonyl (C=O) groups is 2. The highest BCUT2D eigenvalue weighted by molar-refractivity contribution is 7.18. The molecule has 0 saturated carbocycles. The van der Waals surface area contributed by atoms with Gasteiger partial charge in [0.1, 0.15) is 6.04 Å². The predicted octanol–water partition coefficient (Wildman–Crippen LogP) is 0.268. The molecule has 1 saturated heterocycles. The lowest BCUT2D eigenvalue weighted by Crippen LogP contribution is -3.14. The molecule has 0 radical (unpaired) electrons. The first-order valence-corrected chi connectivity index (χ1v) is 9.16. The standard InChI is InChI=1S/C17H22N4O2S/c1-18-15(22)10-19-16(23)11-21-9-5-4-7-13(21)17-20-12-6-2-3-8-14(12)24-17/h2-3,6,8,13H,4-5,7,9-11H2,1H3,(H,18,22)(H,19,23)/p+1/t13-/m0/s1. The SMILES string of the molecule is CNC(=O)CNC(=O)C[NH+]1CCCC[C@H]1c1nc2ccccc2s1. The van der Waals surface area contributed by atoms with Gasteiger partial charge in [0.15, 0.2) is 11.6 Å². The normalized spacial score (nSPS) is 20.7. The molecule has 3 N–H and O–H groups in total. The molecule has 24 heavy (non-hydrogen) atoms. The number of hydrogen-bond donors (Lipinski definition) is 3. The highest BCUT2D eigenvalue weighted by Gasteiger charge is 2.31. The summed E-state index contributed by atoms with van der Waals surface area (Å²) in [7, 11) is 1.56. The van der Waals surface area contributed by atoms with Gasteiger partial charge >= 0.3 is 0 Å². The fraction of sp³-hybridized carbons (Fsp3) is 0.471. The Labute approximate surface area is 145 Å². The van der Waals surface area contributed by atoms with Gasteiger partial charge in [0.05, 0.1) is 23.3 Å². The Hall–Kier alpha value is -1.99. The third kappa shape index (κ3) is 3.91. The van der Waals surface area contributed by atoms with Gasteiger partial charge in [0.2, 0.25) is 5.91 Å². The first-order chi connectivity index (χ1) is 11.7. The second-order valence-corrected chi connectivity index (χ2v) is 7.17. The van der Waals surface area contributed by atoms with E-state index in [4.69, 9.17) is 4.98 Å². The monoisotopic (exact) mass is 347 g/mol. The molecule has 1 aromatic heterocycles. The largest absolute Gasteiger partial charge is 0.358 e. The summed E-state index contributed by atoms with van der Waals surface area (Å²) in [4.78, 5) is 29.4. The second kappa shape index (κ2) is 7.72. The smallest absolute Gasteiger partial charge is 0.275 e. The Morgan fingerprint density at radius 2 is 2.12 bits per heavy atom. The van der Waals surface area contributed by atoms with E-state index in [1.807, 2.05) is 18.2 Å². The van der Waals surface area contributed by atoms with Crippen LogP contribution in [0.15, 0.2) is 24.3 Å². The number of rotatable bonds is 5. The molecule has 2 atom stereocenters. The fourth-order valence-electron chi connectivity index (χ4n) is 3.16. The van der Waals surface area contributed by atoms with Crippen LogP contribution in [0.25, 0.3) is 10.2 Å². The molecule has 2 heterocycles. The summed E-state index contributed by atoms with van der Waals surface area (Å²) < 4.78 is 1.20. The van der Waals surface area contributed by atoms with Crippen LogP contribution in [0.2, 0.25) is 0 Å². The molecule has 2 aromatic rings. The predicted molar refractivity (Wildman–Crippen MR) is 94.0 cm³/mol. The van der Waals surface area contributed by atoms with Crippen LogP contribution in [0.3, 0.4) is 0 Å². The van der Waals surface area contributed by atoms with Crippen molar-refractivity contribution in [2.45, 2.75) is 25.3 Å². The maximum absolute atomic E-state index is 12.2. The zero-order chi connectivity index (χ0) is 16.9. The molecule has 6 nitrogen and oxygen atoms in total. The van der Waals surface area contributed by atoms with Gasteiger partial charge in [0, 0.05) is 13.5 Å². The lowest BCUT2D eigenvalue weighted by Gasteiger charge is -2.30. The minimum absolute atomic E-state index is 0.0361. The highest BCUT2D eigenvalue weighted by atomic mass is 32.1. The second-order valence-electron chi connectivity index (χ2n) is 6.10. The van der Waals surface area contributed by atoms with Crippen molar-refractivity contribution in [2.75, 3.05) is 26.7 Å². The number of piperidine rings is 1. The number of likely N-dealkylation sites (N-methyl/N-ethyl adjacent to an activating group) is 1. The fourth-order valence-corrected chi connectivity index (χ4v) is 4.32. The van der Waals surface area contributed by atoms with E-state index in [1.54, 1.807) is 18.4 Å². The van der Waals surface area contributed by atoms with Crippen molar-refractivity contribution in [1.82, 2.24) is 15.6 Å². The molecule has 0 bridgehead atoms. The third-order valence-electron chi connectivity index (χ3n) is 4.45. The number of nitrogens with one attached hydrogen (secondary N) is 3. The lowest BCUT2D eigenvalue weighted by atomic mass is 10.0. The van der Waals surface area contributed by atoms with Crippen molar-refractivity contribution >= 4 is 33.4 Å². The van der Waals surface area contributed by atoms with Gasteiger partial charge in [-0.3, -0.25) is 9.59 Å². The first kappa shape index (κ1) is 16.9. The Bertz CT molecular complexity index is 697. The molecule has 2 amide bonds. The van der Waals surface area contributed by atoms with E-state index in [9.17, 15) is 9.59 Å². The van der Waals surface area contributed by atoms with E-state index >= 15 is 0 Å². The van der Waals surface area contributed by atoms with Crippen molar-refractivity contribution in [1.29, 1.82) is 0 Å². The summed E-state index contributed by atoms with van der Waals surface area (Å²) in [5.41, 5.74) is 1.03. The molecule has 0 aliphatic carbocycles. The number of nitrogens with zero attached hydrogens (tertiary/aromatic N) is 1. The number of para-hydroxylation sites is 1. The van der Waals surface area contributed by atoms with Gasteiger partial charge in [-0.2, -0.15) is 0 Å². The number of aromatic nitrogens is 1. The third-order valence-corrected chi connectivity index (χ3v) is 5.60. The number of benzene rings is 1. The summed E-state index contributed by atoms with van der Waals surface area (Å²) in [5.74, 6) is -0.263. The number of fused-ring (bicyclic) bond motifs is 1. The van der Waals surface area contributed by atoms with Crippen LogP contribution in [0, 0.1) is 0 Å². The quantitative estimate of drug-likeness (QED) is 0.727. The summed E-state index contributed by atoms with van der Waals surface area (Å²) in [6, 6.07) is 8.43. The van der Waals surface area contributed by atoms with Crippen LogP contribution < -0.4 is 15.5 Å². The van der Waals surface area contributed by atoms with Crippen LogP contribution in [0.4, 0.5) is 0 Å². The molecular weight excluding hydrogens is 324 g/mol. The zero-order valence-corrected chi connectivity index (χ0v) is 14.6. The summed E-state index contributed by atoms with van der Waals surface area (Å²) >= 11 is 1.73. The van der Waals surface area contributed by atoms with E-state index in [0.717, 1.165) is 29.9 Å². The maximum atomic E-state index is 12.2. The Balaban J connectivity index is 1.69. The number of hydrogen-bond acceptors (Lipinski definition) is 4. The van der Waals surface area contributed by atoms with Crippen molar-refractivity contribution < 1.29 is 14.5 Å². The number of likely N-dealkylation sites (tertiary alicyclic amines) is 1. The van der Waals surface area contributed by atoms with Gasteiger partial charge in [-0.05, 0) is 25.0 Å². The highest BCUT2D eigenvalue weighted by Crippen LogP contribution is 2.28. The topological polar surface area (TPSA) is 75.5 Å². The van der Waals surface area contributed by atoms with E-state index in [0.29, 0.717) is 6.54 Å². The Kier molecular flexibility index (Phi) is 5.42.